The number of aryl methyl sites for hydroxylation is 1. The number of hydrogen-bond donors (Lipinski definition) is 3. The van der Waals surface area contributed by atoms with Gasteiger partial charge in [-0.25, -0.2) is 4.98 Å². The van der Waals surface area contributed by atoms with Crippen molar-refractivity contribution in [3.05, 3.63) is 81.3 Å². The van der Waals surface area contributed by atoms with Crippen molar-refractivity contribution in [1.82, 2.24) is 10.3 Å². The Hall–Kier alpha value is -3.20. The predicted octanol–water partition coefficient (Wildman–Crippen LogP) is 4.84. The van der Waals surface area contributed by atoms with E-state index >= 15 is 0 Å². The summed E-state index contributed by atoms with van der Waals surface area (Å²) in [6.07, 6.45) is -4.37. The molecule has 3 aromatic rings. The first-order chi connectivity index (χ1) is 13.8. The van der Waals surface area contributed by atoms with Gasteiger partial charge in [0, 0.05) is 17.8 Å². The fraction of sp³-hybridized carbons (Fsp3) is 0.150. The van der Waals surface area contributed by atoms with Crippen LogP contribution in [-0.2, 0) is 12.7 Å². The van der Waals surface area contributed by atoms with Crippen molar-refractivity contribution in [3.8, 4) is 0 Å². The molecule has 1 heterocycles. The Kier molecular flexibility index (Phi) is 5.97. The molecular weight excluding hydrogens is 401 g/mol. The maximum absolute atomic E-state index is 12.7. The third kappa shape index (κ3) is 5.00. The molecule has 3 rings (SSSR count). The van der Waals surface area contributed by atoms with Gasteiger partial charge in [-0.1, -0.05) is 24.3 Å². The third-order valence-electron chi connectivity index (χ3n) is 4.15. The van der Waals surface area contributed by atoms with Gasteiger partial charge in [0.15, 0.2) is 0 Å². The molecule has 0 saturated carbocycles. The normalized spacial score (nSPS) is 11.2. The number of carbonyl (C=O) groups is 1. The Bertz CT molecular complexity index is 1030. The van der Waals surface area contributed by atoms with E-state index in [1.54, 1.807) is 36.7 Å². The number of aromatic nitrogens is 1. The average molecular weight is 418 g/mol. The highest BCUT2D eigenvalue weighted by atomic mass is 32.1. The number of halogens is 3. The van der Waals surface area contributed by atoms with Gasteiger partial charge < -0.3 is 10.6 Å². The first kappa shape index (κ1) is 20.5. The molecule has 150 valence electrons. The van der Waals surface area contributed by atoms with Crippen LogP contribution in [-0.4, -0.2) is 16.7 Å². The number of amides is 1. The first-order valence-corrected chi connectivity index (χ1v) is 9.43. The molecular formula is C20H17F3N4OS. The van der Waals surface area contributed by atoms with Crippen molar-refractivity contribution in [2.75, 3.05) is 5.32 Å². The Morgan fingerprint density at radius 2 is 1.83 bits per heavy atom. The summed E-state index contributed by atoms with van der Waals surface area (Å²) in [4.78, 5) is 16.8. The number of para-hydroxylation sites is 1. The van der Waals surface area contributed by atoms with Crippen molar-refractivity contribution < 1.29 is 18.0 Å². The number of rotatable bonds is 5. The van der Waals surface area contributed by atoms with Crippen molar-refractivity contribution in [3.63, 3.8) is 0 Å². The molecule has 0 aliphatic heterocycles. The van der Waals surface area contributed by atoms with Crippen molar-refractivity contribution in [2.24, 2.45) is 0 Å². The highest BCUT2D eigenvalue weighted by molar-refractivity contribution is 7.11. The van der Waals surface area contributed by atoms with Gasteiger partial charge in [0.1, 0.15) is 10.7 Å². The third-order valence-corrected chi connectivity index (χ3v) is 5.08. The molecule has 0 saturated heterocycles. The maximum atomic E-state index is 12.7. The van der Waals surface area contributed by atoms with E-state index in [0.29, 0.717) is 27.4 Å². The van der Waals surface area contributed by atoms with E-state index in [0.717, 1.165) is 12.1 Å². The summed E-state index contributed by atoms with van der Waals surface area (Å²) < 4.78 is 38.0. The molecule has 9 heteroatoms. The maximum Gasteiger partial charge on any atom is 0.416 e. The van der Waals surface area contributed by atoms with Gasteiger partial charge in [0.25, 0.3) is 5.91 Å². The van der Waals surface area contributed by atoms with E-state index in [1.165, 1.54) is 23.5 Å². The van der Waals surface area contributed by atoms with E-state index < -0.39 is 17.6 Å². The van der Waals surface area contributed by atoms with Gasteiger partial charge in [0.05, 0.1) is 16.8 Å². The van der Waals surface area contributed by atoms with Gasteiger partial charge in [0.2, 0.25) is 0 Å². The fourth-order valence-corrected chi connectivity index (χ4v) is 3.32. The van der Waals surface area contributed by atoms with Gasteiger partial charge in [-0.15, -0.1) is 11.3 Å². The molecule has 0 aliphatic rings. The predicted molar refractivity (Wildman–Crippen MR) is 106 cm³/mol. The summed E-state index contributed by atoms with van der Waals surface area (Å²) in [5, 5.41) is 13.9. The molecule has 0 atom stereocenters. The van der Waals surface area contributed by atoms with E-state index in [9.17, 15) is 18.0 Å². The van der Waals surface area contributed by atoms with E-state index in [2.05, 4.69) is 15.6 Å². The van der Waals surface area contributed by atoms with E-state index in [4.69, 9.17) is 5.41 Å². The summed E-state index contributed by atoms with van der Waals surface area (Å²) in [5.74, 6) is -0.495. The molecule has 5 nitrogen and oxygen atoms in total. The molecule has 1 amide bonds. The number of benzene rings is 2. The standard InChI is InChI=1S/C20H17F3N4OS/c1-12-17(29-11-26-12)19(28)27-18(24)15-4-2-3-5-16(15)25-10-13-6-8-14(9-7-13)20(21,22)23/h2-9,11,25H,10H2,1H3,(H2,24,27,28). The molecule has 0 bridgehead atoms. The van der Waals surface area contributed by atoms with Gasteiger partial charge >= 0.3 is 6.18 Å². The molecule has 0 fully saturated rings. The van der Waals surface area contributed by atoms with Crippen LogP contribution in [0.3, 0.4) is 0 Å². The minimum absolute atomic E-state index is 0.0849. The molecule has 0 aliphatic carbocycles. The Morgan fingerprint density at radius 3 is 2.45 bits per heavy atom. The van der Waals surface area contributed by atoms with Crippen LogP contribution < -0.4 is 10.6 Å². The number of carbonyl (C=O) groups excluding carboxylic acids is 1. The summed E-state index contributed by atoms with van der Waals surface area (Å²) in [6, 6.07) is 11.8. The van der Waals surface area contributed by atoms with Crippen molar-refractivity contribution in [1.29, 1.82) is 5.41 Å². The molecule has 3 N–H and O–H groups in total. The lowest BCUT2D eigenvalue weighted by Crippen LogP contribution is -2.31. The second kappa shape index (κ2) is 8.44. The van der Waals surface area contributed by atoms with Crippen LogP contribution in [0.5, 0.6) is 0 Å². The Morgan fingerprint density at radius 1 is 1.14 bits per heavy atom. The molecule has 2 aromatic carbocycles. The van der Waals surface area contributed by atoms with E-state index in [-0.39, 0.29) is 12.4 Å². The molecule has 0 radical (unpaired) electrons. The topological polar surface area (TPSA) is 77.9 Å². The Labute approximate surface area is 169 Å². The zero-order valence-corrected chi connectivity index (χ0v) is 16.1. The van der Waals surface area contributed by atoms with E-state index in [1.807, 2.05) is 0 Å². The molecule has 29 heavy (non-hydrogen) atoms. The lowest BCUT2D eigenvalue weighted by molar-refractivity contribution is -0.137. The number of thiazole rings is 1. The summed E-state index contributed by atoms with van der Waals surface area (Å²) in [6.45, 7) is 1.99. The van der Waals surface area contributed by atoms with Crippen molar-refractivity contribution in [2.45, 2.75) is 19.6 Å². The second-order valence-corrected chi connectivity index (χ2v) is 7.04. The average Bonchev–Trinajstić information content (AvgIpc) is 3.12. The van der Waals surface area contributed by atoms with Gasteiger partial charge in [-0.3, -0.25) is 10.2 Å². The SMILES string of the molecule is Cc1ncsc1C(=O)NC(=N)c1ccccc1NCc1ccc(C(F)(F)F)cc1. The molecule has 1 aromatic heterocycles. The summed E-state index contributed by atoms with van der Waals surface area (Å²) >= 11 is 1.19. The van der Waals surface area contributed by atoms with Crippen LogP contribution in [0, 0.1) is 12.3 Å². The zero-order chi connectivity index (χ0) is 21.0. The fourth-order valence-electron chi connectivity index (χ4n) is 2.62. The van der Waals surface area contributed by atoms with Crippen LogP contribution in [0.25, 0.3) is 0 Å². The second-order valence-electron chi connectivity index (χ2n) is 6.19. The number of nitrogens with one attached hydrogen (secondary N) is 3. The Balaban J connectivity index is 1.69. The number of anilines is 1. The molecule has 0 spiro atoms. The van der Waals surface area contributed by atoms with Crippen LogP contribution >= 0.6 is 11.3 Å². The number of amidine groups is 1. The lowest BCUT2D eigenvalue weighted by atomic mass is 10.1. The largest absolute Gasteiger partial charge is 0.416 e. The van der Waals surface area contributed by atoms with Crippen LogP contribution in [0.15, 0.2) is 54.0 Å². The van der Waals surface area contributed by atoms with Crippen molar-refractivity contribution >= 4 is 28.8 Å². The quantitative estimate of drug-likeness (QED) is 0.410. The van der Waals surface area contributed by atoms with Crippen LogP contribution in [0.2, 0.25) is 0 Å². The van der Waals surface area contributed by atoms with Gasteiger partial charge in [-0.05, 0) is 36.8 Å². The van der Waals surface area contributed by atoms with Crippen LogP contribution in [0.4, 0.5) is 18.9 Å². The first-order valence-electron chi connectivity index (χ1n) is 8.55. The van der Waals surface area contributed by atoms with Gasteiger partial charge in [-0.2, -0.15) is 13.2 Å². The number of hydrogen-bond acceptors (Lipinski definition) is 5. The smallest absolute Gasteiger partial charge is 0.380 e. The summed E-state index contributed by atoms with van der Waals surface area (Å²) in [7, 11) is 0. The minimum atomic E-state index is -4.37. The lowest BCUT2D eigenvalue weighted by Gasteiger charge is -2.14. The zero-order valence-electron chi connectivity index (χ0n) is 15.3. The highest BCUT2D eigenvalue weighted by Crippen LogP contribution is 2.29. The monoisotopic (exact) mass is 418 g/mol. The summed E-state index contributed by atoms with van der Waals surface area (Å²) in [5.41, 5.74) is 3.16. The molecule has 0 unspecified atom stereocenters. The highest BCUT2D eigenvalue weighted by Gasteiger charge is 2.29. The van der Waals surface area contributed by atoms with Crippen LogP contribution in [0.1, 0.15) is 32.1 Å². The minimum Gasteiger partial charge on any atom is -0.380 e. The number of alkyl halides is 3. The number of nitrogens with zero attached hydrogens (tertiary/aromatic N) is 1.